The third-order valence-electron chi connectivity index (χ3n) is 3.40. The first-order valence-electron chi connectivity index (χ1n) is 7.14. The van der Waals surface area contributed by atoms with Gasteiger partial charge in [0.1, 0.15) is 11.6 Å². The summed E-state index contributed by atoms with van der Waals surface area (Å²) in [7, 11) is 0. The number of amides is 1. The van der Waals surface area contributed by atoms with E-state index in [4.69, 9.17) is 0 Å². The largest absolute Gasteiger partial charge is 0.345 e. The van der Waals surface area contributed by atoms with Gasteiger partial charge in [0.2, 0.25) is 0 Å². The standard InChI is InChI=1S/C19H18N2O/c1-14-8-10-16(11-9-14)12-18(13-20)19(22)21-15(2)17-6-4-3-5-7-17/h3-12,15H,1-2H3,(H,21,22)/b18-12-/t15-/m0/s1. The monoisotopic (exact) mass is 290 g/mol. The summed E-state index contributed by atoms with van der Waals surface area (Å²) in [6.45, 7) is 3.89. The number of benzene rings is 2. The van der Waals surface area contributed by atoms with Gasteiger partial charge in [-0.1, -0.05) is 60.2 Å². The van der Waals surface area contributed by atoms with Crippen LogP contribution in [0, 0.1) is 18.3 Å². The summed E-state index contributed by atoms with van der Waals surface area (Å²) in [6, 6.07) is 19.2. The lowest BCUT2D eigenvalue weighted by molar-refractivity contribution is -0.117. The summed E-state index contributed by atoms with van der Waals surface area (Å²) in [6.07, 6.45) is 1.60. The first-order chi connectivity index (χ1) is 10.6. The molecule has 2 rings (SSSR count). The second kappa shape index (κ2) is 7.24. The van der Waals surface area contributed by atoms with Gasteiger partial charge >= 0.3 is 0 Å². The van der Waals surface area contributed by atoms with Crippen LogP contribution in [0.5, 0.6) is 0 Å². The molecule has 0 unspecified atom stereocenters. The average Bonchev–Trinajstić information content (AvgIpc) is 2.55. The van der Waals surface area contributed by atoms with Crippen LogP contribution < -0.4 is 5.32 Å². The minimum atomic E-state index is -0.362. The molecular weight excluding hydrogens is 272 g/mol. The van der Waals surface area contributed by atoms with Crippen molar-refractivity contribution in [1.29, 1.82) is 5.26 Å². The Morgan fingerprint density at radius 1 is 1.14 bits per heavy atom. The lowest BCUT2D eigenvalue weighted by Crippen LogP contribution is -2.27. The predicted molar refractivity (Wildman–Crippen MR) is 87.8 cm³/mol. The second-order valence-corrected chi connectivity index (χ2v) is 5.19. The van der Waals surface area contributed by atoms with Gasteiger partial charge in [-0.05, 0) is 31.1 Å². The molecule has 0 spiro atoms. The molecule has 0 saturated heterocycles. The van der Waals surface area contributed by atoms with Crippen molar-refractivity contribution in [3.05, 3.63) is 76.9 Å². The van der Waals surface area contributed by atoms with E-state index in [0.29, 0.717) is 0 Å². The van der Waals surface area contributed by atoms with Crippen molar-refractivity contribution in [2.75, 3.05) is 0 Å². The molecular formula is C19H18N2O. The third kappa shape index (κ3) is 4.07. The summed E-state index contributed by atoms with van der Waals surface area (Å²) in [4.78, 5) is 12.2. The van der Waals surface area contributed by atoms with Crippen LogP contribution in [0.4, 0.5) is 0 Å². The van der Waals surface area contributed by atoms with Gasteiger partial charge in [-0.3, -0.25) is 4.79 Å². The summed E-state index contributed by atoms with van der Waals surface area (Å²) in [5, 5.41) is 12.1. The molecule has 0 aliphatic carbocycles. The Labute approximate surface area is 130 Å². The van der Waals surface area contributed by atoms with E-state index in [0.717, 1.165) is 16.7 Å². The molecule has 1 amide bonds. The topological polar surface area (TPSA) is 52.9 Å². The van der Waals surface area contributed by atoms with Gasteiger partial charge in [-0.2, -0.15) is 5.26 Å². The number of carbonyl (C=O) groups is 1. The summed E-state index contributed by atoms with van der Waals surface area (Å²) < 4.78 is 0. The maximum Gasteiger partial charge on any atom is 0.262 e. The van der Waals surface area contributed by atoms with Gasteiger partial charge in [0.15, 0.2) is 0 Å². The lowest BCUT2D eigenvalue weighted by Gasteiger charge is -2.13. The number of rotatable bonds is 4. The normalized spacial score (nSPS) is 12.3. The highest BCUT2D eigenvalue weighted by Crippen LogP contribution is 2.13. The molecule has 0 radical (unpaired) electrons. The van der Waals surface area contributed by atoms with Crippen LogP contribution >= 0.6 is 0 Å². The Hall–Kier alpha value is -2.86. The maximum absolute atomic E-state index is 12.2. The fraction of sp³-hybridized carbons (Fsp3) is 0.158. The molecule has 2 aromatic carbocycles. The van der Waals surface area contributed by atoms with Crippen molar-refractivity contribution < 1.29 is 4.79 Å². The zero-order chi connectivity index (χ0) is 15.9. The average molecular weight is 290 g/mol. The van der Waals surface area contributed by atoms with Crippen LogP contribution in [0.3, 0.4) is 0 Å². The van der Waals surface area contributed by atoms with E-state index in [1.165, 1.54) is 0 Å². The number of carbonyl (C=O) groups excluding carboxylic acids is 1. The molecule has 1 atom stereocenters. The number of nitrogens with zero attached hydrogens (tertiary/aromatic N) is 1. The van der Waals surface area contributed by atoms with Crippen LogP contribution in [0.1, 0.15) is 29.7 Å². The maximum atomic E-state index is 12.2. The molecule has 3 nitrogen and oxygen atoms in total. The van der Waals surface area contributed by atoms with Crippen molar-refractivity contribution in [3.63, 3.8) is 0 Å². The molecule has 3 heteroatoms. The van der Waals surface area contributed by atoms with Crippen molar-refractivity contribution in [2.24, 2.45) is 0 Å². The molecule has 0 aliphatic rings. The summed E-state index contributed by atoms with van der Waals surface area (Å²) >= 11 is 0. The Morgan fingerprint density at radius 2 is 1.77 bits per heavy atom. The van der Waals surface area contributed by atoms with Crippen molar-refractivity contribution in [3.8, 4) is 6.07 Å². The van der Waals surface area contributed by atoms with E-state index in [1.807, 2.05) is 74.5 Å². The molecule has 22 heavy (non-hydrogen) atoms. The SMILES string of the molecule is Cc1ccc(/C=C(/C#N)C(=O)N[C@@H](C)c2ccccc2)cc1. The zero-order valence-electron chi connectivity index (χ0n) is 12.7. The Balaban J connectivity index is 2.12. The molecule has 2 aromatic rings. The van der Waals surface area contributed by atoms with Crippen LogP contribution in [0.2, 0.25) is 0 Å². The molecule has 0 aliphatic heterocycles. The summed E-state index contributed by atoms with van der Waals surface area (Å²) in [5.74, 6) is -0.362. The molecule has 0 fully saturated rings. The predicted octanol–water partition coefficient (Wildman–Crippen LogP) is 3.78. The summed E-state index contributed by atoms with van der Waals surface area (Å²) in [5.41, 5.74) is 3.08. The molecule has 1 N–H and O–H groups in total. The Kier molecular flexibility index (Phi) is 5.11. The Bertz CT molecular complexity index is 709. The van der Waals surface area contributed by atoms with Crippen LogP contribution in [0.25, 0.3) is 6.08 Å². The van der Waals surface area contributed by atoms with E-state index in [-0.39, 0.29) is 17.5 Å². The number of hydrogen-bond acceptors (Lipinski definition) is 2. The van der Waals surface area contributed by atoms with Gasteiger partial charge in [0.05, 0.1) is 6.04 Å². The quantitative estimate of drug-likeness (QED) is 0.688. The molecule has 0 saturated carbocycles. The Morgan fingerprint density at radius 3 is 2.36 bits per heavy atom. The molecule has 0 heterocycles. The van der Waals surface area contributed by atoms with Gasteiger partial charge in [0.25, 0.3) is 5.91 Å². The molecule has 0 aromatic heterocycles. The lowest BCUT2D eigenvalue weighted by atomic mass is 10.1. The minimum Gasteiger partial charge on any atom is -0.345 e. The van der Waals surface area contributed by atoms with E-state index >= 15 is 0 Å². The highest BCUT2D eigenvalue weighted by molar-refractivity contribution is 6.01. The van der Waals surface area contributed by atoms with Crippen molar-refractivity contribution in [2.45, 2.75) is 19.9 Å². The van der Waals surface area contributed by atoms with Gasteiger partial charge in [-0.25, -0.2) is 0 Å². The van der Waals surface area contributed by atoms with E-state index < -0.39 is 0 Å². The van der Waals surface area contributed by atoms with E-state index in [9.17, 15) is 10.1 Å². The van der Waals surface area contributed by atoms with Gasteiger partial charge < -0.3 is 5.32 Å². The third-order valence-corrected chi connectivity index (χ3v) is 3.40. The zero-order valence-corrected chi connectivity index (χ0v) is 12.7. The van der Waals surface area contributed by atoms with Crippen LogP contribution in [0.15, 0.2) is 60.2 Å². The fourth-order valence-electron chi connectivity index (χ4n) is 2.08. The highest BCUT2D eigenvalue weighted by atomic mass is 16.1. The first-order valence-corrected chi connectivity index (χ1v) is 7.14. The number of aryl methyl sites for hydroxylation is 1. The van der Waals surface area contributed by atoms with Crippen LogP contribution in [-0.2, 0) is 4.79 Å². The van der Waals surface area contributed by atoms with Crippen molar-refractivity contribution in [1.82, 2.24) is 5.32 Å². The van der Waals surface area contributed by atoms with E-state index in [2.05, 4.69) is 5.32 Å². The highest BCUT2D eigenvalue weighted by Gasteiger charge is 2.13. The molecule has 0 bridgehead atoms. The minimum absolute atomic E-state index is 0.103. The second-order valence-electron chi connectivity index (χ2n) is 5.19. The van der Waals surface area contributed by atoms with Crippen LogP contribution in [-0.4, -0.2) is 5.91 Å². The smallest absolute Gasteiger partial charge is 0.262 e. The number of nitriles is 1. The van der Waals surface area contributed by atoms with Crippen molar-refractivity contribution >= 4 is 12.0 Å². The molecule has 110 valence electrons. The van der Waals surface area contributed by atoms with E-state index in [1.54, 1.807) is 6.08 Å². The fourth-order valence-corrected chi connectivity index (χ4v) is 2.08. The first kappa shape index (κ1) is 15.5. The van der Waals surface area contributed by atoms with Gasteiger partial charge in [0, 0.05) is 0 Å². The van der Waals surface area contributed by atoms with Gasteiger partial charge in [-0.15, -0.1) is 0 Å². The number of nitrogens with one attached hydrogen (secondary N) is 1. The number of hydrogen-bond donors (Lipinski definition) is 1.